The second kappa shape index (κ2) is 74.0. The smallest absolute Gasteiger partial charge is 0.305 e. The summed E-state index contributed by atoms with van der Waals surface area (Å²) in [6.45, 7) is 4.32. The minimum Gasteiger partial charge on any atom is -0.466 e. The molecule has 1 heterocycles. The lowest BCUT2D eigenvalue weighted by molar-refractivity contribution is -0.302. The van der Waals surface area contributed by atoms with Crippen molar-refractivity contribution in [2.45, 2.75) is 429 Å². The molecule has 6 N–H and O–H groups in total. The monoisotopic (exact) mass is 1360 g/mol. The maximum Gasteiger partial charge on any atom is 0.305 e. The van der Waals surface area contributed by atoms with E-state index in [-0.39, 0.29) is 18.5 Å². The molecule has 1 aliphatic rings. The van der Waals surface area contributed by atoms with Crippen LogP contribution in [0.3, 0.4) is 0 Å². The summed E-state index contributed by atoms with van der Waals surface area (Å²) in [5.74, 6) is -0.192. The van der Waals surface area contributed by atoms with Gasteiger partial charge in [0.15, 0.2) is 6.29 Å². The Morgan fingerprint density at radius 3 is 1.10 bits per heavy atom. The molecule has 1 saturated heterocycles. The zero-order valence-corrected chi connectivity index (χ0v) is 63.0. The highest BCUT2D eigenvalue weighted by molar-refractivity contribution is 5.76. The van der Waals surface area contributed by atoms with Crippen molar-refractivity contribution >= 4 is 11.9 Å². The Morgan fingerprint density at radius 2 is 0.701 bits per heavy atom. The van der Waals surface area contributed by atoms with Gasteiger partial charge in [-0.2, -0.15) is 0 Å². The van der Waals surface area contributed by atoms with Crippen LogP contribution in [0.25, 0.3) is 0 Å². The molecule has 0 spiro atoms. The van der Waals surface area contributed by atoms with Crippen LogP contribution in [0.15, 0.2) is 85.1 Å². The molecule has 0 aromatic carbocycles. The van der Waals surface area contributed by atoms with Gasteiger partial charge < -0.3 is 45.1 Å². The van der Waals surface area contributed by atoms with Crippen LogP contribution in [-0.4, -0.2) is 100 Å². The molecule has 97 heavy (non-hydrogen) atoms. The van der Waals surface area contributed by atoms with Gasteiger partial charge in [0.1, 0.15) is 24.4 Å². The highest BCUT2D eigenvalue weighted by atomic mass is 16.7. The standard InChI is InChI=1S/C86H155NO10/c1-3-5-7-9-11-13-15-17-44-48-52-56-60-64-68-72-79(89)78(77-96-86-85(94)84(93)83(92)80(76-88)97-86)87-81(90)73-69-65-61-57-53-49-46-42-40-38-36-34-32-30-28-26-24-22-20-19-21-23-25-27-29-31-33-35-37-39-41-43-47-51-55-59-63-67-71-75-95-82(91)74-70-66-62-58-54-50-45-18-16-14-12-10-8-6-4-2/h12,14-15,17-20,23,25,45,52,56,68,72,78-80,83-86,88-89,92-94H,3-11,13,16,21-22,24,26-44,46-51,53-55,57-67,69-71,73-77H2,1-2H3,(H,87,90)/b14-12-,17-15+,20-19-,25-23-,45-18-,56-52+,72-68+. The average Bonchev–Trinajstić information content (AvgIpc) is 1.20. The van der Waals surface area contributed by atoms with Gasteiger partial charge in [-0.3, -0.25) is 9.59 Å². The van der Waals surface area contributed by atoms with Crippen LogP contribution in [0.5, 0.6) is 0 Å². The fourth-order valence-corrected chi connectivity index (χ4v) is 12.7. The van der Waals surface area contributed by atoms with Crippen LogP contribution in [0, 0.1) is 0 Å². The Kier molecular flexibility index (Phi) is 70.1. The molecular weight excluding hydrogens is 1210 g/mol. The van der Waals surface area contributed by atoms with E-state index >= 15 is 0 Å². The van der Waals surface area contributed by atoms with Gasteiger partial charge >= 0.3 is 5.97 Å². The Balaban J connectivity index is 1.92. The third-order valence-corrected chi connectivity index (χ3v) is 19.2. The van der Waals surface area contributed by atoms with E-state index in [2.05, 4.69) is 92.1 Å². The highest BCUT2D eigenvalue weighted by Gasteiger charge is 2.44. The molecule has 1 fully saturated rings. The number of carbonyl (C=O) groups excluding carboxylic acids is 2. The summed E-state index contributed by atoms with van der Waals surface area (Å²) in [6.07, 6.45) is 93.3. The fraction of sp³-hybridized carbons (Fsp3) is 0.814. The van der Waals surface area contributed by atoms with E-state index in [0.29, 0.717) is 19.4 Å². The zero-order chi connectivity index (χ0) is 70.1. The number of esters is 1. The van der Waals surface area contributed by atoms with Gasteiger partial charge in [0.05, 0.1) is 32.0 Å². The fourth-order valence-electron chi connectivity index (χ4n) is 12.7. The summed E-state index contributed by atoms with van der Waals surface area (Å²) >= 11 is 0. The van der Waals surface area contributed by atoms with E-state index in [1.165, 1.54) is 276 Å². The number of hydrogen-bond acceptors (Lipinski definition) is 10. The first kappa shape index (κ1) is 91.9. The molecule has 0 bridgehead atoms. The molecule has 0 saturated carbocycles. The van der Waals surface area contributed by atoms with Gasteiger partial charge in [0.25, 0.3) is 0 Å². The molecule has 1 aliphatic heterocycles. The lowest BCUT2D eigenvalue weighted by Gasteiger charge is -2.40. The summed E-state index contributed by atoms with van der Waals surface area (Å²) in [5.41, 5.74) is 0. The summed E-state index contributed by atoms with van der Waals surface area (Å²) in [6, 6.07) is -0.835. The van der Waals surface area contributed by atoms with Crippen molar-refractivity contribution in [3.05, 3.63) is 85.1 Å². The number of rotatable bonds is 73. The maximum absolute atomic E-state index is 13.1. The molecule has 0 radical (unpaired) electrons. The number of unbranched alkanes of at least 4 members (excludes halogenated alkanes) is 47. The summed E-state index contributed by atoms with van der Waals surface area (Å²) < 4.78 is 16.8. The number of aliphatic hydroxyl groups excluding tert-OH is 5. The number of aliphatic hydroxyl groups is 5. The molecule has 7 unspecified atom stereocenters. The summed E-state index contributed by atoms with van der Waals surface area (Å²) in [4.78, 5) is 25.2. The largest absolute Gasteiger partial charge is 0.466 e. The molecule has 0 aromatic rings. The quantitative estimate of drug-likeness (QED) is 0.0195. The van der Waals surface area contributed by atoms with Crippen molar-refractivity contribution in [3.8, 4) is 0 Å². The van der Waals surface area contributed by atoms with Gasteiger partial charge in [0.2, 0.25) is 5.91 Å². The van der Waals surface area contributed by atoms with E-state index in [0.717, 1.165) is 83.5 Å². The number of nitrogens with one attached hydrogen (secondary N) is 1. The Labute approximate surface area is 597 Å². The predicted octanol–water partition coefficient (Wildman–Crippen LogP) is 22.8. The first-order valence-corrected chi connectivity index (χ1v) is 41.4. The van der Waals surface area contributed by atoms with Crippen molar-refractivity contribution in [2.75, 3.05) is 19.8 Å². The van der Waals surface area contributed by atoms with Gasteiger partial charge in [-0.1, -0.05) is 336 Å². The lowest BCUT2D eigenvalue weighted by atomic mass is 9.99. The SMILES string of the molecule is CCCCC/C=C\C/C=C\CCCCCCCC(=O)OCCCCCCCCCCCCCCCCC/C=C\C/C=C\CCCCCCCCCCCCCCCCCCCC(=O)NC(COC1OC(CO)C(O)C(O)C1O)C(O)/C=C/CC/C=C/CC/C=C/CCCCCCC. The molecule has 1 rings (SSSR count). The summed E-state index contributed by atoms with van der Waals surface area (Å²) in [7, 11) is 0. The van der Waals surface area contributed by atoms with Crippen molar-refractivity contribution in [1.82, 2.24) is 5.32 Å². The van der Waals surface area contributed by atoms with Crippen molar-refractivity contribution in [3.63, 3.8) is 0 Å². The predicted molar refractivity (Wildman–Crippen MR) is 412 cm³/mol. The minimum atomic E-state index is -1.58. The first-order chi connectivity index (χ1) is 47.7. The number of allylic oxidation sites excluding steroid dienone is 13. The van der Waals surface area contributed by atoms with Crippen molar-refractivity contribution in [1.29, 1.82) is 0 Å². The van der Waals surface area contributed by atoms with E-state index in [9.17, 15) is 35.1 Å². The topological polar surface area (TPSA) is 175 Å². The van der Waals surface area contributed by atoms with Crippen LogP contribution in [0.1, 0.15) is 386 Å². The van der Waals surface area contributed by atoms with E-state index in [1.807, 2.05) is 6.08 Å². The molecule has 7 atom stereocenters. The Bertz CT molecular complexity index is 1890. The van der Waals surface area contributed by atoms with Crippen molar-refractivity contribution < 1.29 is 49.3 Å². The Morgan fingerprint density at radius 1 is 0.381 bits per heavy atom. The van der Waals surface area contributed by atoms with E-state index < -0.39 is 49.5 Å². The Hall–Kier alpha value is -3.16. The van der Waals surface area contributed by atoms with Crippen LogP contribution < -0.4 is 5.32 Å². The van der Waals surface area contributed by atoms with Crippen LogP contribution in [0.4, 0.5) is 0 Å². The third kappa shape index (κ3) is 62.4. The molecule has 564 valence electrons. The first-order valence-electron chi connectivity index (χ1n) is 41.4. The second-order valence-electron chi connectivity index (χ2n) is 28.4. The zero-order valence-electron chi connectivity index (χ0n) is 63.0. The molecule has 0 aliphatic carbocycles. The lowest BCUT2D eigenvalue weighted by Crippen LogP contribution is -2.60. The molecule has 11 heteroatoms. The average molecular weight is 1360 g/mol. The third-order valence-electron chi connectivity index (χ3n) is 19.2. The van der Waals surface area contributed by atoms with Gasteiger partial charge in [-0.25, -0.2) is 0 Å². The van der Waals surface area contributed by atoms with Gasteiger partial charge in [-0.05, 0) is 122 Å². The maximum atomic E-state index is 13.1. The number of amides is 1. The van der Waals surface area contributed by atoms with Crippen LogP contribution in [0.2, 0.25) is 0 Å². The normalized spacial score (nSPS) is 17.7. The van der Waals surface area contributed by atoms with E-state index in [1.54, 1.807) is 6.08 Å². The van der Waals surface area contributed by atoms with E-state index in [4.69, 9.17) is 14.2 Å². The van der Waals surface area contributed by atoms with Crippen molar-refractivity contribution in [2.24, 2.45) is 0 Å². The number of carbonyl (C=O) groups is 2. The summed E-state index contributed by atoms with van der Waals surface area (Å²) in [5, 5.41) is 54.6. The molecule has 11 nitrogen and oxygen atoms in total. The molecule has 0 aromatic heterocycles. The van der Waals surface area contributed by atoms with Crippen LogP contribution >= 0.6 is 0 Å². The number of ether oxygens (including phenoxy) is 3. The van der Waals surface area contributed by atoms with Crippen LogP contribution in [-0.2, 0) is 23.8 Å². The molecule has 1 amide bonds. The van der Waals surface area contributed by atoms with Gasteiger partial charge in [-0.15, -0.1) is 0 Å². The highest BCUT2D eigenvalue weighted by Crippen LogP contribution is 2.24. The second-order valence-corrected chi connectivity index (χ2v) is 28.4. The molecular formula is C86H155NO10. The number of hydrogen-bond donors (Lipinski definition) is 6. The van der Waals surface area contributed by atoms with Gasteiger partial charge in [0, 0.05) is 12.8 Å². The minimum absolute atomic E-state index is 0.000119.